The molecular weight excluding hydrogens is 324 g/mol. The molecule has 1 aromatic heterocycles. The lowest BCUT2D eigenvalue weighted by Gasteiger charge is -2.09. The highest BCUT2D eigenvalue weighted by Gasteiger charge is 2.03. The lowest BCUT2D eigenvalue weighted by Crippen LogP contribution is -2.12. The number of thiophene rings is 1. The molecule has 1 heterocycles. The highest BCUT2D eigenvalue weighted by Crippen LogP contribution is 2.22. The second-order valence-electron chi connectivity index (χ2n) is 3.86. The van der Waals surface area contributed by atoms with Gasteiger partial charge in [-0.15, -0.1) is 11.3 Å². The monoisotopic (exact) mass is 336 g/mol. The van der Waals surface area contributed by atoms with Gasteiger partial charge in [0, 0.05) is 23.5 Å². The Morgan fingerprint density at radius 2 is 2.05 bits per heavy atom. The first-order chi connectivity index (χ1) is 9.29. The largest absolute Gasteiger partial charge is 0.478 e. The molecule has 0 radical (unpaired) electrons. The van der Waals surface area contributed by atoms with Crippen molar-refractivity contribution in [1.82, 2.24) is 5.32 Å². The minimum absolute atomic E-state index is 0.0783. The number of nitrogens with zero attached hydrogens (tertiary/aromatic N) is 1. The molecule has 0 unspecified atom stereocenters. The third-order valence-electron chi connectivity index (χ3n) is 2.51. The highest BCUT2D eigenvalue weighted by atomic mass is 79.9. The standard InChI is InChI=1S/C14H13BrN2OS/c15-14-6-5-12(19-14)10-17-9-11-3-1-2-4-13(11)18-8-7-16/h1-6,17H,8-10H2. The summed E-state index contributed by atoms with van der Waals surface area (Å²) in [6, 6.07) is 13.9. The second-order valence-corrected chi connectivity index (χ2v) is 6.41. The molecule has 0 aliphatic heterocycles. The number of rotatable bonds is 6. The van der Waals surface area contributed by atoms with Crippen molar-refractivity contribution in [1.29, 1.82) is 5.26 Å². The van der Waals surface area contributed by atoms with Crippen molar-refractivity contribution >= 4 is 27.3 Å². The topological polar surface area (TPSA) is 45.0 Å². The van der Waals surface area contributed by atoms with Crippen LogP contribution in [0.1, 0.15) is 10.4 Å². The lowest BCUT2D eigenvalue weighted by molar-refractivity contribution is 0.362. The third kappa shape index (κ3) is 4.35. The summed E-state index contributed by atoms with van der Waals surface area (Å²) in [7, 11) is 0. The zero-order chi connectivity index (χ0) is 13.5. The van der Waals surface area contributed by atoms with Gasteiger partial charge < -0.3 is 10.1 Å². The van der Waals surface area contributed by atoms with Gasteiger partial charge in [-0.2, -0.15) is 5.26 Å². The molecule has 0 spiro atoms. The van der Waals surface area contributed by atoms with Crippen LogP contribution in [0.25, 0.3) is 0 Å². The molecule has 1 aromatic carbocycles. The molecule has 1 N–H and O–H groups in total. The van der Waals surface area contributed by atoms with Gasteiger partial charge in [-0.1, -0.05) is 18.2 Å². The first-order valence-corrected chi connectivity index (χ1v) is 7.43. The van der Waals surface area contributed by atoms with Crippen molar-refractivity contribution in [3.63, 3.8) is 0 Å². The number of hydrogen-bond acceptors (Lipinski definition) is 4. The SMILES string of the molecule is N#CCOc1ccccc1CNCc1ccc(Br)s1. The van der Waals surface area contributed by atoms with E-state index in [0.29, 0.717) is 0 Å². The molecule has 0 saturated carbocycles. The van der Waals surface area contributed by atoms with E-state index in [1.807, 2.05) is 36.4 Å². The van der Waals surface area contributed by atoms with Crippen LogP contribution in [0.5, 0.6) is 5.75 Å². The molecule has 19 heavy (non-hydrogen) atoms. The molecule has 0 aliphatic carbocycles. The van der Waals surface area contributed by atoms with Crippen molar-refractivity contribution in [2.24, 2.45) is 0 Å². The number of benzene rings is 1. The van der Waals surface area contributed by atoms with Crippen molar-refractivity contribution in [3.8, 4) is 11.8 Å². The number of ether oxygens (including phenoxy) is 1. The van der Waals surface area contributed by atoms with Gasteiger partial charge in [-0.05, 0) is 34.1 Å². The minimum atomic E-state index is 0.0783. The zero-order valence-corrected chi connectivity index (χ0v) is 12.6. The van der Waals surface area contributed by atoms with Crippen LogP contribution in [-0.2, 0) is 13.1 Å². The summed E-state index contributed by atoms with van der Waals surface area (Å²) >= 11 is 5.17. The molecule has 98 valence electrons. The Hall–Kier alpha value is -1.35. The predicted molar refractivity (Wildman–Crippen MR) is 80.1 cm³/mol. The quantitative estimate of drug-likeness (QED) is 0.874. The number of nitriles is 1. The Balaban J connectivity index is 1.90. The molecule has 0 fully saturated rings. The number of hydrogen-bond donors (Lipinski definition) is 1. The molecule has 0 aliphatic rings. The van der Waals surface area contributed by atoms with Gasteiger partial charge in [0.1, 0.15) is 11.8 Å². The summed E-state index contributed by atoms with van der Waals surface area (Å²) in [5.74, 6) is 0.768. The molecule has 3 nitrogen and oxygen atoms in total. The fourth-order valence-electron chi connectivity index (χ4n) is 1.67. The maximum Gasteiger partial charge on any atom is 0.174 e. The van der Waals surface area contributed by atoms with Crippen molar-refractivity contribution in [2.45, 2.75) is 13.1 Å². The number of nitrogens with one attached hydrogen (secondary N) is 1. The van der Waals surface area contributed by atoms with Crippen LogP contribution >= 0.6 is 27.3 Å². The van der Waals surface area contributed by atoms with Crippen LogP contribution in [0.3, 0.4) is 0 Å². The summed E-state index contributed by atoms with van der Waals surface area (Å²) in [5.41, 5.74) is 1.06. The van der Waals surface area contributed by atoms with E-state index in [4.69, 9.17) is 10.00 Å². The van der Waals surface area contributed by atoms with Crippen LogP contribution in [0.4, 0.5) is 0 Å². The molecular formula is C14H13BrN2OS. The normalized spacial score (nSPS) is 10.1. The van der Waals surface area contributed by atoms with Gasteiger partial charge in [0.15, 0.2) is 6.61 Å². The molecule has 0 saturated heterocycles. The number of halogens is 1. The average molecular weight is 337 g/mol. The summed E-state index contributed by atoms with van der Waals surface area (Å²) in [5, 5.41) is 11.9. The molecule has 5 heteroatoms. The van der Waals surface area contributed by atoms with Gasteiger partial charge in [0.05, 0.1) is 3.79 Å². The smallest absolute Gasteiger partial charge is 0.174 e. The maximum atomic E-state index is 8.55. The Kier molecular flexibility index (Phi) is 5.40. The zero-order valence-electron chi connectivity index (χ0n) is 10.2. The van der Waals surface area contributed by atoms with E-state index in [-0.39, 0.29) is 6.61 Å². The molecule has 2 aromatic rings. The Morgan fingerprint density at radius 3 is 2.79 bits per heavy atom. The molecule has 0 bridgehead atoms. The van der Waals surface area contributed by atoms with E-state index in [1.165, 1.54) is 4.88 Å². The van der Waals surface area contributed by atoms with Crippen LogP contribution in [0.15, 0.2) is 40.2 Å². The summed E-state index contributed by atoms with van der Waals surface area (Å²) in [4.78, 5) is 1.28. The van der Waals surface area contributed by atoms with Gasteiger partial charge >= 0.3 is 0 Å². The predicted octanol–water partition coefficient (Wildman–Crippen LogP) is 3.70. The minimum Gasteiger partial charge on any atom is -0.478 e. The van der Waals surface area contributed by atoms with Gasteiger partial charge in [0.2, 0.25) is 0 Å². The summed E-state index contributed by atoms with van der Waals surface area (Å²) in [6.45, 7) is 1.62. The second kappa shape index (κ2) is 7.29. The van der Waals surface area contributed by atoms with Crippen molar-refractivity contribution in [2.75, 3.05) is 6.61 Å². The van der Waals surface area contributed by atoms with Crippen LogP contribution in [0.2, 0.25) is 0 Å². The van der Waals surface area contributed by atoms with Crippen LogP contribution in [-0.4, -0.2) is 6.61 Å². The van der Waals surface area contributed by atoms with Gasteiger partial charge in [0.25, 0.3) is 0 Å². The van der Waals surface area contributed by atoms with E-state index < -0.39 is 0 Å². The first-order valence-electron chi connectivity index (χ1n) is 5.82. The summed E-state index contributed by atoms with van der Waals surface area (Å²) < 4.78 is 6.53. The van der Waals surface area contributed by atoms with Gasteiger partial charge in [-0.3, -0.25) is 0 Å². The molecule has 0 atom stereocenters. The van der Waals surface area contributed by atoms with E-state index >= 15 is 0 Å². The Morgan fingerprint density at radius 1 is 1.21 bits per heavy atom. The maximum absolute atomic E-state index is 8.55. The third-order valence-corrected chi connectivity index (χ3v) is 4.13. The summed E-state index contributed by atoms with van der Waals surface area (Å²) in [6.07, 6.45) is 0. The fraction of sp³-hybridized carbons (Fsp3) is 0.214. The number of para-hydroxylation sites is 1. The van der Waals surface area contributed by atoms with E-state index in [1.54, 1.807) is 11.3 Å². The molecule has 2 rings (SSSR count). The van der Waals surface area contributed by atoms with Crippen LogP contribution < -0.4 is 10.1 Å². The van der Waals surface area contributed by atoms with Crippen LogP contribution in [0, 0.1) is 11.3 Å². The van der Waals surface area contributed by atoms with Crippen molar-refractivity contribution in [3.05, 3.63) is 50.6 Å². The van der Waals surface area contributed by atoms with Gasteiger partial charge in [-0.25, -0.2) is 0 Å². The Labute approximate surface area is 125 Å². The van der Waals surface area contributed by atoms with Crippen molar-refractivity contribution < 1.29 is 4.74 Å². The Bertz CT molecular complexity index is 577. The lowest BCUT2D eigenvalue weighted by atomic mass is 10.2. The first kappa shape index (κ1) is 14.1. The average Bonchev–Trinajstić information content (AvgIpc) is 2.83. The highest BCUT2D eigenvalue weighted by molar-refractivity contribution is 9.11. The van der Waals surface area contributed by atoms with E-state index in [0.717, 1.165) is 28.2 Å². The fourth-order valence-corrected chi connectivity index (χ4v) is 3.12. The molecule has 0 amide bonds. The van der Waals surface area contributed by atoms with E-state index in [2.05, 4.69) is 27.3 Å². The van der Waals surface area contributed by atoms with E-state index in [9.17, 15) is 0 Å².